The Balaban J connectivity index is 2.31. The second kappa shape index (κ2) is 4.26. The van der Waals surface area contributed by atoms with Crippen molar-refractivity contribution in [3.05, 3.63) is 11.6 Å². The summed E-state index contributed by atoms with van der Waals surface area (Å²) in [6.45, 7) is 1.82. The van der Waals surface area contributed by atoms with Gasteiger partial charge in [0.05, 0.1) is 0 Å². The summed E-state index contributed by atoms with van der Waals surface area (Å²) in [5.41, 5.74) is 0.955. The number of nitrogens with zero attached hydrogens (tertiary/aromatic N) is 1. The fourth-order valence-corrected chi connectivity index (χ4v) is 1.23. The van der Waals surface area contributed by atoms with Gasteiger partial charge in [-0.3, -0.25) is 4.79 Å². The lowest BCUT2D eigenvalue weighted by Crippen LogP contribution is -2.15. The van der Waals surface area contributed by atoms with Crippen molar-refractivity contribution in [2.45, 2.75) is 12.8 Å². The number of nitrogens with one attached hydrogen (secondary N) is 1. The minimum atomic E-state index is 0.119. The number of rotatable bonds is 3. The first-order chi connectivity index (χ1) is 5.70. The Morgan fingerprint density at radius 1 is 1.58 bits per heavy atom. The number of amides is 1. The Kier molecular flexibility index (Phi) is 3.29. The quantitative estimate of drug-likeness (QED) is 0.618. The van der Waals surface area contributed by atoms with Crippen LogP contribution < -0.4 is 5.32 Å². The van der Waals surface area contributed by atoms with Gasteiger partial charge in [-0.1, -0.05) is 6.08 Å². The zero-order chi connectivity index (χ0) is 8.97. The van der Waals surface area contributed by atoms with Gasteiger partial charge in [0.1, 0.15) is 0 Å². The highest BCUT2D eigenvalue weighted by atomic mass is 16.1. The van der Waals surface area contributed by atoms with Crippen molar-refractivity contribution in [3.63, 3.8) is 0 Å². The normalized spacial score (nSPS) is 20.6. The molecule has 1 rings (SSSR count). The van der Waals surface area contributed by atoms with Crippen molar-refractivity contribution in [2.75, 3.05) is 27.2 Å². The number of hydrogen-bond acceptors (Lipinski definition) is 2. The summed E-state index contributed by atoms with van der Waals surface area (Å²) in [5.74, 6) is 0.119. The molecule has 1 aliphatic rings. The molecule has 0 saturated carbocycles. The van der Waals surface area contributed by atoms with Crippen molar-refractivity contribution in [2.24, 2.45) is 0 Å². The molecule has 0 radical (unpaired) electrons. The first-order valence-electron chi connectivity index (χ1n) is 4.32. The largest absolute Gasteiger partial charge is 0.352 e. The van der Waals surface area contributed by atoms with Crippen LogP contribution >= 0.6 is 0 Å². The summed E-state index contributed by atoms with van der Waals surface area (Å²) < 4.78 is 0. The lowest BCUT2D eigenvalue weighted by atomic mass is 10.2. The fraction of sp³-hybridized carbons (Fsp3) is 0.667. The van der Waals surface area contributed by atoms with E-state index in [0.717, 1.165) is 31.5 Å². The maximum absolute atomic E-state index is 11.1. The van der Waals surface area contributed by atoms with Crippen LogP contribution in [-0.2, 0) is 4.79 Å². The van der Waals surface area contributed by atoms with E-state index in [1.807, 2.05) is 20.2 Å². The maximum Gasteiger partial charge on any atom is 0.246 e. The van der Waals surface area contributed by atoms with Gasteiger partial charge < -0.3 is 10.2 Å². The molecule has 12 heavy (non-hydrogen) atoms. The second-order valence-corrected chi connectivity index (χ2v) is 3.33. The van der Waals surface area contributed by atoms with E-state index in [0.29, 0.717) is 0 Å². The lowest BCUT2D eigenvalue weighted by molar-refractivity contribution is -0.116. The molecular formula is C9H16N2O. The van der Waals surface area contributed by atoms with Gasteiger partial charge in [-0.05, 0) is 26.9 Å². The minimum absolute atomic E-state index is 0.119. The number of hydrogen-bond donors (Lipinski definition) is 1. The molecule has 1 amide bonds. The zero-order valence-corrected chi connectivity index (χ0v) is 7.76. The molecule has 0 aliphatic carbocycles. The molecule has 1 fully saturated rings. The third-order valence-corrected chi connectivity index (χ3v) is 1.94. The summed E-state index contributed by atoms with van der Waals surface area (Å²) in [6.07, 6.45) is 3.91. The fourth-order valence-electron chi connectivity index (χ4n) is 1.23. The average molecular weight is 168 g/mol. The first-order valence-corrected chi connectivity index (χ1v) is 4.32. The van der Waals surface area contributed by atoms with Crippen LogP contribution in [-0.4, -0.2) is 38.0 Å². The molecule has 0 bridgehead atoms. The van der Waals surface area contributed by atoms with Crippen molar-refractivity contribution in [1.82, 2.24) is 10.2 Å². The van der Waals surface area contributed by atoms with Gasteiger partial charge in [0.2, 0.25) is 5.91 Å². The van der Waals surface area contributed by atoms with Crippen LogP contribution in [0.4, 0.5) is 0 Å². The summed E-state index contributed by atoms with van der Waals surface area (Å²) >= 11 is 0. The van der Waals surface area contributed by atoms with Crippen LogP contribution in [0.5, 0.6) is 0 Å². The summed E-state index contributed by atoms with van der Waals surface area (Å²) in [5, 5.41) is 2.79. The van der Waals surface area contributed by atoms with E-state index >= 15 is 0 Å². The van der Waals surface area contributed by atoms with E-state index in [9.17, 15) is 4.79 Å². The lowest BCUT2D eigenvalue weighted by Gasteiger charge is -2.05. The van der Waals surface area contributed by atoms with Crippen molar-refractivity contribution in [1.29, 1.82) is 0 Å². The van der Waals surface area contributed by atoms with Gasteiger partial charge in [0.25, 0.3) is 0 Å². The molecule has 0 aromatic carbocycles. The molecule has 68 valence electrons. The van der Waals surface area contributed by atoms with Crippen LogP contribution in [0.15, 0.2) is 11.6 Å². The monoisotopic (exact) mass is 168 g/mol. The topological polar surface area (TPSA) is 32.3 Å². The maximum atomic E-state index is 11.1. The SMILES string of the molecule is CN(C)CC/C=C1\CCNC1=O. The average Bonchev–Trinajstić information content (AvgIpc) is 2.36. The Morgan fingerprint density at radius 3 is 2.83 bits per heavy atom. The van der Waals surface area contributed by atoms with Crippen LogP contribution in [0.2, 0.25) is 0 Å². The smallest absolute Gasteiger partial charge is 0.246 e. The van der Waals surface area contributed by atoms with E-state index in [4.69, 9.17) is 0 Å². The molecule has 3 heteroatoms. The van der Waals surface area contributed by atoms with Crippen molar-refractivity contribution < 1.29 is 4.79 Å². The second-order valence-electron chi connectivity index (χ2n) is 3.33. The predicted octanol–water partition coefficient (Wildman–Crippen LogP) is 0.384. The molecule has 0 unspecified atom stereocenters. The van der Waals surface area contributed by atoms with Gasteiger partial charge in [0.15, 0.2) is 0 Å². The van der Waals surface area contributed by atoms with Crippen LogP contribution in [0.1, 0.15) is 12.8 Å². The molecule has 1 saturated heterocycles. The van der Waals surface area contributed by atoms with Gasteiger partial charge in [0, 0.05) is 18.7 Å². The molecule has 0 atom stereocenters. The van der Waals surface area contributed by atoms with Crippen molar-refractivity contribution >= 4 is 5.91 Å². The zero-order valence-electron chi connectivity index (χ0n) is 7.76. The van der Waals surface area contributed by atoms with Crippen molar-refractivity contribution in [3.8, 4) is 0 Å². The highest BCUT2D eigenvalue weighted by Gasteiger charge is 2.14. The third kappa shape index (κ3) is 2.66. The Bertz CT molecular complexity index is 197. The van der Waals surface area contributed by atoms with Gasteiger partial charge >= 0.3 is 0 Å². The molecule has 1 aliphatic heterocycles. The third-order valence-electron chi connectivity index (χ3n) is 1.94. The Hall–Kier alpha value is -0.830. The summed E-state index contributed by atoms with van der Waals surface area (Å²) in [7, 11) is 4.07. The molecule has 0 spiro atoms. The molecule has 1 heterocycles. The van der Waals surface area contributed by atoms with Gasteiger partial charge in [-0.2, -0.15) is 0 Å². The Morgan fingerprint density at radius 2 is 2.33 bits per heavy atom. The van der Waals surface area contributed by atoms with E-state index in [1.54, 1.807) is 0 Å². The predicted molar refractivity (Wildman–Crippen MR) is 48.9 cm³/mol. The van der Waals surface area contributed by atoms with E-state index in [-0.39, 0.29) is 5.91 Å². The van der Waals surface area contributed by atoms with Crippen LogP contribution in [0, 0.1) is 0 Å². The van der Waals surface area contributed by atoms with Gasteiger partial charge in [-0.25, -0.2) is 0 Å². The van der Waals surface area contributed by atoms with Gasteiger partial charge in [-0.15, -0.1) is 0 Å². The molecule has 3 nitrogen and oxygen atoms in total. The Labute approximate surface area is 73.4 Å². The first kappa shape index (κ1) is 9.26. The molecular weight excluding hydrogens is 152 g/mol. The summed E-state index contributed by atoms with van der Waals surface area (Å²) in [4.78, 5) is 13.2. The van der Waals surface area contributed by atoms with E-state index < -0.39 is 0 Å². The highest BCUT2D eigenvalue weighted by Crippen LogP contribution is 2.08. The molecule has 0 aromatic rings. The highest BCUT2D eigenvalue weighted by molar-refractivity contribution is 5.95. The molecule has 1 N–H and O–H groups in total. The molecule has 0 aromatic heterocycles. The summed E-state index contributed by atoms with van der Waals surface area (Å²) in [6, 6.07) is 0. The standard InChI is InChI=1S/C9H16N2O/c1-11(2)7-3-4-8-5-6-10-9(8)12/h4H,3,5-7H2,1-2H3,(H,10,12)/b8-4+. The van der Waals surface area contributed by atoms with E-state index in [2.05, 4.69) is 10.2 Å². The number of carbonyl (C=O) groups excluding carboxylic acids is 1. The van der Waals surface area contributed by atoms with E-state index in [1.165, 1.54) is 0 Å². The minimum Gasteiger partial charge on any atom is -0.352 e. The number of carbonyl (C=O) groups is 1. The van der Waals surface area contributed by atoms with Crippen LogP contribution in [0.25, 0.3) is 0 Å². The van der Waals surface area contributed by atoms with Crippen LogP contribution in [0.3, 0.4) is 0 Å².